The summed E-state index contributed by atoms with van der Waals surface area (Å²) in [5.74, 6) is -0.573. The normalized spacial score (nSPS) is 30.2. The average Bonchev–Trinajstić information content (AvgIpc) is 2.81. The Morgan fingerprint density at radius 3 is 2.63 bits per heavy atom. The molecule has 0 aliphatic carbocycles. The van der Waals surface area contributed by atoms with Gasteiger partial charge in [0.1, 0.15) is 29.7 Å². The molecule has 4 atom stereocenters. The maximum atomic E-state index is 12.2. The van der Waals surface area contributed by atoms with Gasteiger partial charge in [-0.05, 0) is 32.0 Å². The van der Waals surface area contributed by atoms with Crippen molar-refractivity contribution < 1.29 is 24.5 Å². The van der Waals surface area contributed by atoms with Gasteiger partial charge >= 0.3 is 11.7 Å². The van der Waals surface area contributed by atoms with E-state index in [-0.39, 0.29) is 12.4 Å². The fraction of sp³-hybridized carbons (Fsp3) is 0.389. The summed E-state index contributed by atoms with van der Waals surface area (Å²) in [7, 11) is 0. The van der Waals surface area contributed by atoms with Crippen LogP contribution in [0.3, 0.4) is 0 Å². The van der Waals surface area contributed by atoms with Crippen LogP contribution in [0.15, 0.2) is 47.4 Å². The number of hydrogen-bond acceptors (Lipinski definition) is 8. The molecule has 3 rings (SSSR count). The smallest absolute Gasteiger partial charge is 0.351 e. The van der Waals surface area contributed by atoms with Gasteiger partial charge in [-0.3, -0.25) is 4.57 Å². The second kappa shape index (κ2) is 6.76. The van der Waals surface area contributed by atoms with Crippen LogP contribution >= 0.6 is 0 Å². The molecule has 9 heteroatoms. The second-order valence-corrected chi connectivity index (χ2v) is 6.90. The van der Waals surface area contributed by atoms with E-state index >= 15 is 0 Å². The first-order valence-corrected chi connectivity index (χ1v) is 8.30. The average molecular weight is 375 g/mol. The first kappa shape index (κ1) is 19.0. The molecule has 0 saturated carbocycles. The van der Waals surface area contributed by atoms with Gasteiger partial charge in [0.25, 0.3) is 0 Å². The number of rotatable bonds is 4. The minimum absolute atomic E-state index is 0.0222. The summed E-state index contributed by atoms with van der Waals surface area (Å²) in [6, 6.07) is 9.71. The lowest BCUT2D eigenvalue weighted by molar-refractivity contribution is -0.124. The number of aromatic nitrogens is 2. The van der Waals surface area contributed by atoms with E-state index in [1.165, 1.54) is 26.1 Å². The van der Waals surface area contributed by atoms with Crippen LogP contribution in [0, 0.1) is 0 Å². The van der Waals surface area contributed by atoms with Gasteiger partial charge in [-0.25, -0.2) is 9.59 Å². The number of hydrogen-bond donors (Lipinski definition) is 3. The molecule has 4 N–H and O–H groups in total. The summed E-state index contributed by atoms with van der Waals surface area (Å²) in [4.78, 5) is 27.8. The number of nitrogens with two attached hydrogens (primary N) is 1. The quantitative estimate of drug-likeness (QED) is 0.639. The van der Waals surface area contributed by atoms with Crippen LogP contribution in [0.4, 0.5) is 5.82 Å². The molecule has 0 bridgehead atoms. The number of aliphatic hydroxyl groups is 2. The molecular weight excluding hydrogens is 354 g/mol. The summed E-state index contributed by atoms with van der Waals surface area (Å²) >= 11 is 0. The molecule has 0 spiro atoms. The third-order valence-corrected chi connectivity index (χ3v) is 4.62. The Labute approximate surface area is 155 Å². The lowest BCUT2D eigenvalue weighted by atomic mass is 9.89. The lowest BCUT2D eigenvalue weighted by Gasteiger charge is -2.29. The van der Waals surface area contributed by atoms with Crippen molar-refractivity contribution in [1.29, 1.82) is 0 Å². The van der Waals surface area contributed by atoms with E-state index in [9.17, 15) is 19.8 Å². The van der Waals surface area contributed by atoms with Crippen molar-refractivity contribution >= 4 is 11.8 Å². The van der Waals surface area contributed by atoms with Gasteiger partial charge in [0.15, 0.2) is 6.23 Å². The molecule has 2 aromatic rings. The Morgan fingerprint density at radius 2 is 2.00 bits per heavy atom. The van der Waals surface area contributed by atoms with E-state index < -0.39 is 35.2 Å². The molecule has 0 radical (unpaired) electrons. The molecule has 1 aromatic heterocycles. The van der Waals surface area contributed by atoms with E-state index in [2.05, 4.69) is 4.98 Å². The summed E-state index contributed by atoms with van der Waals surface area (Å²) < 4.78 is 12.1. The lowest BCUT2D eigenvalue weighted by Crippen LogP contribution is -2.50. The van der Waals surface area contributed by atoms with Crippen molar-refractivity contribution in [2.24, 2.45) is 0 Å². The summed E-state index contributed by atoms with van der Waals surface area (Å²) in [5, 5.41) is 21.4. The predicted molar refractivity (Wildman–Crippen MR) is 94.8 cm³/mol. The molecule has 1 saturated heterocycles. The third kappa shape index (κ3) is 3.44. The van der Waals surface area contributed by atoms with E-state index in [0.717, 1.165) is 4.57 Å². The van der Waals surface area contributed by atoms with Gasteiger partial charge in [-0.1, -0.05) is 18.2 Å². The second-order valence-electron chi connectivity index (χ2n) is 6.90. The Balaban J connectivity index is 1.82. The van der Waals surface area contributed by atoms with Crippen molar-refractivity contribution in [3.63, 3.8) is 0 Å². The molecule has 2 heterocycles. The zero-order chi connectivity index (χ0) is 19.8. The number of esters is 1. The molecule has 1 aromatic carbocycles. The Morgan fingerprint density at radius 1 is 1.33 bits per heavy atom. The van der Waals surface area contributed by atoms with Crippen molar-refractivity contribution in [3.05, 3.63) is 58.6 Å². The molecule has 27 heavy (non-hydrogen) atoms. The predicted octanol–water partition coefficient (Wildman–Crippen LogP) is 0.0819. The number of ether oxygens (including phenoxy) is 2. The van der Waals surface area contributed by atoms with Crippen LogP contribution in [0.2, 0.25) is 0 Å². The van der Waals surface area contributed by atoms with E-state index in [4.69, 9.17) is 15.2 Å². The number of aliphatic hydroxyl groups excluding tert-OH is 1. The molecule has 1 aliphatic heterocycles. The van der Waals surface area contributed by atoms with Crippen LogP contribution in [0.25, 0.3) is 0 Å². The first-order chi connectivity index (χ1) is 12.6. The van der Waals surface area contributed by atoms with Gasteiger partial charge in [0.05, 0.1) is 5.56 Å². The monoisotopic (exact) mass is 375 g/mol. The molecule has 1 aliphatic rings. The summed E-state index contributed by atoms with van der Waals surface area (Å²) in [6.45, 7) is 2.49. The highest BCUT2D eigenvalue weighted by molar-refractivity contribution is 5.89. The molecule has 0 amide bonds. The van der Waals surface area contributed by atoms with Gasteiger partial charge in [-0.15, -0.1) is 0 Å². The van der Waals surface area contributed by atoms with E-state index in [1.807, 2.05) is 0 Å². The number of carbonyl (C=O) groups excluding carboxylic acids is 1. The fourth-order valence-corrected chi connectivity index (χ4v) is 3.11. The standard InChI is InChI=1S/C18H21N3O6/c1-17(10-26-13(22)11-6-4-3-5-7-11)14(23)18(2,25)15(27-17)21-9-8-12(19)20-16(21)24/h3-9,14-15,23,25H,10H2,1-2H3,(H2,19,20,24). The number of carbonyl (C=O) groups is 1. The van der Waals surface area contributed by atoms with Gasteiger partial charge < -0.3 is 25.4 Å². The molecule has 4 unspecified atom stereocenters. The SMILES string of the molecule is CC1(COC(=O)c2ccccc2)OC(n2ccc(N)nc2=O)C(C)(O)C1O. The molecule has 144 valence electrons. The van der Waals surface area contributed by atoms with Crippen molar-refractivity contribution in [3.8, 4) is 0 Å². The van der Waals surface area contributed by atoms with Crippen LogP contribution in [0.5, 0.6) is 0 Å². The number of nitrogens with zero attached hydrogens (tertiary/aromatic N) is 2. The van der Waals surface area contributed by atoms with Gasteiger partial charge in [0.2, 0.25) is 0 Å². The zero-order valence-corrected chi connectivity index (χ0v) is 14.9. The molecular formula is C18H21N3O6. The van der Waals surface area contributed by atoms with Gasteiger partial charge in [-0.2, -0.15) is 4.98 Å². The van der Waals surface area contributed by atoms with Crippen molar-refractivity contribution in [2.45, 2.75) is 37.4 Å². The maximum Gasteiger partial charge on any atom is 0.351 e. The summed E-state index contributed by atoms with van der Waals surface area (Å²) in [6.07, 6.45) is -1.37. The van der Waals surface area contributed by atoms with E-state index in [1.54, 1.807) is 30.3 Å². The number of nitrogen functional groups attached to an aromatic ring is 1. The largest absolute Gasteiger partial charge is 0.459 e. The minimum Gasteiger partial charge on any atom is -0.459 e. The van der Waals surface area contributed by atoms with E-state index in [0.29, 0.717) is 5.56 Å². The summed E-state index contributed by atoms with van der Waals surface area (Å²) in [5.41, 5.74) is 1.80. The Bertz CT molecular complexity index is 897. The Kier molecular flexibility index (Phi) is 4.77. The molecule has 9 nitrogen and oxygen atoms in total. The van der Waals surface area contributed by atoms with Crippen molar-refractivity contribution in [2.75, 3.05) is 12.3 Å². The van der Waals surface area contributed by atoms with Crippen molar-refractivity contribution in [1.82, 2.24) is 9.55 Å². The highest BCUT2D eigenvalue weighted by atomic mass is 16.6. The topological polar surface area (TPSA) is 137 Å². The minimum atomic E-state index is -1.84. The number of anilines is 1. The van der Waals surface area contributed by atoms with Crippen LogP contribution in [-0.2, 0) is 9.47 Å². The van der Waals surface area contributed by atoms with Gasteiger partial charge in [0, 0.05) is 6.20 Å². The van der Waals surface area contributed by atoms with Crippen LogP contribution in [0.1, 0.15) is 30.4 Å². The zero-order valence-electron chi connectivity index (χ0n) is 14.9. The Hall–Kier alpha value is -2.75. The molecule has 1 fully saturated rings. The third-order valence-electron chi connectivity index (χ3n) is 4.62. The first-order valence-electron chi connectivity index (χ1n) is 8.30. The highest BCUT2D eigenvalue weighted by Gasteiger charge is 2.60. The highest BCUT2D eigenvalue weighted by Crippen LogP contribution is 2.43. The fourth-order valence-electron chi connectivity index (χ4n) is 3.11. The number of benzene rings is 1. The van der Waals surface area contributed by atoms with Crippen LogP contribution in [-0.4, -0.2) is 49.6 Å². The maximum absolute atomic E-state index is 12.2. The van der Waals surface area contributed by atoms with Crippen LogP contribution < -0.4 is 11.4 Å².